The first-order valence-corrected chi connectivity index (χ1v) is 11.3. The highest BCUT2D eigenvalue weighted by atomic mass is 79.9. The number of ether oxygens (including phenoxy) is 1. The summed E-state index contributed by atoms with van der Waals surface area (Å²) < 4.78 is 6.13. The van der Waals surface area contributed by atoms with E-state index >= 15 is 0 Å². The molecule has 2 fully saturated rings. The van der Waals surface area contributed by atoms with Gasteiger partial charge < -0.3 is 14.7 Å². The van der Waals surface area contributed by atoms with Gasteiger partial charge in [-0.3, -0.25) is 24.6 Å². The summed E-state index contributed by atoms with van der Waals surface area (Å²) in [5.74, 6) is -2.01. The Morgan fingerprint density at radius 1 is 1.09 bits per heavy atom. The van der Waals surface area contributed by atoms with Crippen LogP contribution in [0, 0.1) is 10.1 Å². The van der Waals surface area contributed by atoms with Crippen LogP contribution in [-0.2, 0) is 14.3 Å². The first-order chi connectivity index (χ1) is 15.9. The van der Waals surface area contributed by atoms with Crippen LogP contribution < -0.4 is 0 Å². The minimum atomic E-state index is -1.07. The van der Waals surface area contributed by atoms with E-state index in [1.807, 2.05) is 0 Å². The van der Waals surface area contributed by atoms with Crippen molar-refractivity contribution >= 4 is 39.1 Å². The summed E-state index contributed by atoms with van der Waals surface area (Å²) in [6.45, 7) is 3.20. The molecule has 33 heavy (non-hydrogen) atoms. The predicted octanol–water partition coefficient (Wildman–Crippen LogP) is 3.11. The van der Waals surface area contributed by atoms with Gasteiger partial charge in [0.1, 0.15) is 5.76 Å². The third-order valence-corrected chi connectivity index (χ3v) is 6.38. The van der Waals surface area contributed by atoms with Gasteiger partial charge >= 0.3 is 0 Å². The van der Waals surface area contributed by atoms with Gasteiger partial charge in [0.15, 0.2) is 0 Å². The molecule has 2 aliphatic heterocycles. The first kappa shape index (κ1) is 23.1. The van der Waals surface area contributed by atoms with Crippen LogP contribution in [0.15, 0.2) is 58.6 Å². The number of nitrogens with zero attached hydrogens (tertiary/aromatic N) is 3. The third-order valence-electron chi connectivity index (χ3n) is 5.85. The van der Waals surface area contributed by atoms with Gasteiger partial charge in [0, 0.05) is 42.3 Å². The molecule has 2 saturated heterocycles. The SMILES string of the molecule is O=C1C(=O)N(CCN2CCOCC2)[C@H](c2ccccc2[N+](=O)[O-])C1=C(O)c1ccc(Br)cc1. The van der Waals surface area contributed by atoms with Gasteiger partial charge in [-0.25, -0.2) is 0 Å². The average Bonchev–Trinajstić information content (AvgIpc) is 3.08. The Labute approximate surface area is 198 Å². The number of hydrogen-bond acceptors (Lipinski definition) is 7. The number of aliphatic hydroxyl groups is 1. The van der Waals surface area contributed by atoms with Crippen molar-refractivity contribution in [3.8, 4) is 0 Å². The van der Waals surface area contributed by atoms with E-state index in [1.165, 1.54) is 23.1 Å². The number of rotatable bonds is 6. The number of morpholine rings is 1. The van der Waals surface area contributed by atoms with Gasteiger partial charge in [0.2, 0.25) is 0 Å². The van der Waals surface area contributed by atoms with E-state index in [1.54, 1.807) is 30.3 Å². The molecule has 2 aromatic carbocycles. The Hall–Kier alpha value is -3.08. The van der Waals surface area contributed by atoms with Crippen LogP contribution in [0.25, 0.3) is 5.76 Å². The van der Waals surface area contributed by atoms with Crippen molar-refractivity contribution in [1.82, 2.24) is 9.80 Å². The molecule has 1 atom stereocenters. The maximum Gasteiger partial charge on any atom is 0.295 e. The van der Waals surface area contributed by atoms with Crippen molar-refractivity contribution in [2.45, 2.75) is 6.04 Å². The summed E-state index contributed by atoms with van der Waals surface area (Å²) in [7, 11) is 0. The summed E-state index contributed by atoms with van der Waals surface area (Å²) in [4.78, 5) is 40.8. The van der Waals surface area contributed by atoms with Crippen LogP contribution in [-0.4, -0.2) is 70.9 Å². The monoisotopic (exact) mass is 515 g/mol. The molecular formula is C23H22BrN3O6. The highest BCUT2D eigenvalue weighted by molar-refractivity contribution is 9.10. The second-order valence-corrected chi connectivity index (χ2v) is 8.68. The fourth-order valence-electron chi connectivity index (χ4n) is 4.16. The Balaban J connectivity index is 1.80. The number of Topliss-reactive ketones (excluding diaryl/α,β-unsaturated/α-hetero) is 1. The summed E-state index contributed by atoms with van der Waals surface area (Å²) in [5, 5.41) is 22.8. The van der Waals surface area contributed by atoms with Crippen molar-refractivity contribution in [3.63, 3.8) is 0 Å². The molecular weight excluding hydrogens is 494 g/mol. The van der Waals surface area contributed by atoms with Crippen LogP contribution in [0.5, 0.6) is 0 Å². The molecule has 172 valence electrons. The second-order valence-electron chi connectivity index (χ2n) is 7.77. The van der Waals surface area contributed by atoms with Gasteiger partial charge in [-0.15, -0.1) is 0 Å². The van der Waals surface area contributed by atoms with Crippen LogP contribution in [0.2, 0.25) is 0 Å². The van der Waals surface area contributed by atoms with Gasteiger partial charge in [-0.2, -0.15) is 0 Å². The van der Waals surface area contributed by atoms with Crippen molar-refractivity contribution in [2.75, 3.05) is 39.4 Å². The summed E-state index contributed by atoms with van der Waals surface area (Å²) in [5.41, 5.74) is 0.149. The lowest BCUT2D eigenvalue weighted by molar-refractivity contribution is -0.385. The Morgan fingerprint density at radius 2 is 1.76 bits per heavy atom. The number of ketones is 1. The molecule has 1 amide bonds. The molecule has 0 bridgehead atoms. The van der Waals surface area contributed by atoms with E-state index < -0.39 is 22.7 Å². The van der Waals surface area contributed by atoms with Gasteiger partial charge in [-0.05, 0) is 18.2 Å². The molecule has 2 aromatic rings. The minimum absolute atomic E-state index is 0.154. The Bertz CT molecular complexity index is 1110. The molecule has 2 heterocycles. The molecule has 2 aliphatic rings. The third kappa shape index (κ3) is 4.68. The van der Waals surface area contributed by atoms with Crippen molar-refractivity contribution in [3.05, 3.63) is 79.8 Å². The number of nitro groups is 1. The minimum Gasteiger partial charge on any atom is -0.507 e. The standard InChI is InChI=1S/C23H22BrN3O6/c24-16-7-5-15(6-8-16)21(28)19-20(17-3-1-2-4-18(17)27(31)32)26(23(30)22(19)29)10-9-25-11-13-33-14-12-25/h1-8,20,28H,9-14H2/t20-/m1/s1. The molecule has 0 unspecified atom stereocenters. The summed E-state index contributed by atoms with van der Waals surface area (Å²) in [6, 6.07) is 11.5. The lowest BCUT2D eigenvalue weighted by Gasteiger charge is -2.30. The van der Waals surface area contributed by atoms with Gasteiger partial charge in [-0.1, -0.05) is 40.2 Å². The lowest BCUT2D eigenvalue weighted by atomic mass is 9.94. The van der Waals surface area contributed by atoms with Crippen LogP contribution >= 0.6 is 15.9 Å². The highest BCUT2D eigenvalue weighted by Gasteiger charge is 2.48. The largest absolute Gasteiger partial charge is 0.507 e. The Kier molecular flexibility index (Phi) is 6.87. The number of hydrogen-bond donors (Lipinski definition) is 1. The number of benzene rings is 2. The first-order valence-electron chi connectivity index (χ1n) is 10.5. The van der Waals surface area contributed by atoms with Crippen LogP contribution in [0.3, 0.4) is 0 Å². The van der Waals surface area contributed by atoms with Crippen LogP contribution in [0.4, 0.5) is 5.69 Å². The number of aliphatic hydroxyl groups excluding tert-OH is 1. The van der Waals surface area contributed by atoms with E-state index in [2.05, 4.69) is 20.8 Å². The highest BCUT2D eigenvalue weighted by Crippen LogP contribution is 2.42. The van der Waals surface area contributed by atoms with Crippen molar-refractivity contribution in [2.24, 2.45) is 0 Å². The normalized spacial score (nSPS) is 20.9. The Morgan fingerprint density at radius 3 is 2.42 bits per heavy atom. The molecule has 10 heteroatoms. The molecule has 0 spiro atoms. The fraction of sp³-hybridized carbons (Fsp3) is 0.304. The fourth-order valence-corrected chi connectivity index (χ4v) is 4.42. The number of carbonyl (C=O) groups excluding carboxylic acids is 2. The molecule has 0 saturated carbocycles. The van der Waals surface area contributed by atoms with Gasteiger partial charge in [0.05, 0.1) is 35.3 Å². The van der Waals surface area contributed by atoms with E-state index in [9.17, 15) is 24.8 Å². The van der Waals surface area contributed by atoms with Crippen molar-refractivity contribution < 1.29 is 24.4 Å². The molecule has 4 rings (SSSR count). The molecule has 0 aliphatic carbocycles. The number of carbonyl (C=O) groups is 2. The smallest absolute Gasteiger partial charge is 0.295 e. The molecule has 0 aromatic heterocycles. The van der Waals surface area contributed by atoms with E-state index in [-0.39, 0.29) is 29.1 Å². The van der Waals surface area contributed by atoms with Crippen LogP contribution in [0.1, 0.15) is 17.2 Å². The number of likely N-dealkylation sites (tertiary alicyclic amines) is 1. The quantitative estimate of drug-likeness (QED) is 0.206. The zero-order valence-corrected chi connectivity index (χ0v) is 19.2. The number of amides is 1. The molecule has 0 radical (unpaired) electrons. The molecule has 9 nitrogen and oxygen atoms in total. The topological polar surface area (TPSA) is 113 Å². The number of nitro benzene ring substituents is 1. The zero-order chi connectivity index (χ0) is 23.5. The average molecular weight is 516 g/mol. The number of para-hydroxylation sites is 1. The molecule has 1 N–H and O–H groups in total. The van der Waals surface area contributed by atoms with E-state index in [0.717, 1.165) is 4.47 Å². The zero-order valence-electron chi connectivity index (χ0n) is 17.6. The lowest BCUT2D eigenvalue weighted by Crippen LogP contribution is -2.42. The van der Waals surface area contributed by atoms with E-state index in [0.29, 0.717) is 38.4 Å². The van der Waals surface area contributed by atoms with Gasteiger partial charge in [0.25, 0.3) is 17.4 Å². The maximum absolute atomic E-state index is 13.1. The number of halogens is 1. The van der Waals surface area contributed by atoms with Crippen molar-refractivity contribution in [1.29, 1.82) is 0 Å². The summed E-state index contributed by atoms with van der Waals surface area (Å²) >= 11 is 3.33. The summed E-state index contributed by atoms with van der Waals surface area (Å²) in [6.07, 6.45) is 0. The predicted molar refractivity (Wildman–Crippen MR) is 124 cm³/mol. The van der Waals surface area contributed by atoms with E-state index in [4.69, 9.17) is 4.74 Å². The maximum atomic E-state index is 13.1. The second kappa shape index (κ2) is 9.82.